The number of nitrogens with zero attached hydrogens (tertiary/aromatic N) is 2. The zero-order valence-electron chi connectivity index (χ0n) is 17.7. The fourth-order valence-corrected chi connectivity index (χ4v) is 3.97. The molecule has 2 aromatic carbocycles. The van der Waals surface area contributed by atoms with Gasteiger partial charge in [-0.1, -0.05) is 74.5 Å². The maximum absolute atomic E-state index is 12.7. The van der Waals surface area contributed by atoms with Gasteiger partial charge in [-0.15, -0.1) is 0 Å². The van der Waals surface area contributed by atoms with E-state index < -0.39 is 0 Å². The molecule has 1 fully saturated rings. The van der Waals surface area contributed by atoms with Crippen LogP contribution in [0.2, 0.25) is 0 Å². The van der Waals surface area contributed by atoms with Crippen LogP contribution in [0.3, 0.4) is 0 Å². The molecule has 0 radical (unpaired) electrons. The van der Waals surface area contributed by atoms with Crippen molar-refractivity contribution < 1.29 is 4.79 Å². The normalized spacial score (nSPS) is 17.1. The number of hydrogen-bond acceptors (Lipinski definition) is 3. The highest BCUT2D eigenvalue weighted by atomic mass is 16.1. The predicted molar refractivity (Wildman–Crippen MR) is 121 cm³/mol. The van der Waals surface area contributed by atoms with E-state index in [1.165, 1.54) is 5.56 Å². The number of benzene rings is 2. The van der Waals surface area contributed by atoms with Gasteiger partial charge in [-0.3, -0.25) is 9.69 Å². The van der Waals surface area contributed by atoms with Crippen LogP contribution < -0.4 is 5.32 Å². The van der Waals surface area contributed by atoms with Gasteiger partial charge in [0.2, 0.25) is 5.91 Å². The van der Waals surface area contributed by atoms with E-state index in [1.54, 1.807) is 6.08 Å². The molecule has 0 saturated carbocycles. The summed E-state index contributed by atoms with van der Waals surface area (Å²) in [4.78, 5) is 17.7. The smallest absolute Gasteiger partial charge is 0.244 e. The molecule has 0 aromatic heterocycles. The first-order valence-corrected chi connectivity index (χ1v) is 10.8. The maximum atomic E-state index is 12.7. The average molecular weight is 392 g/mol. The number of piperazine rings is 1. The fourth-order valence-electron chi connectivity index (χ4n) is 3.97. The second-order valence-corrected chi connectivity index (χ2v) is 7.53. The van der Waals surface area contributed by atoms with Crippen LogP contribution in [0.25, 0.3) is 5.57 Å². The number of allylic oxidation sites excluding steroid dienone is 1. The van der Waals surface area contributed by atoms with Crippen molar-refractivity contribution in [3.8, 4) is 0 Å². The Bertz CT molecular complexity index is 780. The minimum absolute atomic E-state index is 0.0150. The molecule has 1 atom stereocenters. The first-order valence-electron chi connectivity index (χ1n) is 10.8. The molecule has 4 heteroatoms. The molecule has 1 N–H and O–H groups in total. The third-order valence-electron chi connectivity index (χ3n) is 5.78. The van der Waals surface area contributed by atoms with Crippen molar-refractivity contribution in [2.24, 2.45) is 0 Å². The number of hydrogen-bond donors (Lipinski definition) is 1. The lowest BCUT2D eigenvalue weighted by Gasteiger charge is -2.39. The van der Waals surface area contributed by atoms with Crippen LogP contribution in [0.1, 0.15) is 37.4 Å². The molecular formula is C25H33N3O. The highest BCUT2D eigenvalue weighted by molar-refractivity contribution is 5.95. The van der Waals surface area contributed by atoms with Crippen LogP contribution in [0.5, 0.6) is 0 Å². The quantitative estimate of drug-likeness (QED) is 0.692. The summed E-state index contributed by atoms with van der Waals surface area (Å²) in [7, 11) is 0. The Morgan fingerprint density at radius 3 is 2.17 bits per heavy atom. The number of amides is 1. The molecule has 3 rings (SSSR count). The highest BCUT2D eigenvalue weighted by Gasteiger charge is 2.24. The Labute approximate surface area is 175 Å². The molecule has 4 nitrogen and oxygen atoms in total. The van der Waals surface area contributed by atoms with Gasteiger partial charge in [-0.05, 0) is 29.7 Å². The molecule has 1 saturated heterocycles. The summed E-state index contributed by atoms with van der Waals surface area (Å²) in [5.41, 5.74) is 3.44. The lowest BCUT2D eigenvalue weighted by atomic mass is 10.0. The van der Waals surface area contributed by atoms with E-state index in [0.717, 1.165) is 50.3 Å². The predicted octanol–water partition coefficient (Wildman–Crippen LogP) is 3.98. The van der Waals surface area contributed by atoms with E-state index in [9.17, 15) is 4.79 Å². The van der Waals surface area contributed by atoms with Gasteiger partial charge in [0.15, 0.2) is 0 Å². The Hall–Kier alpha value is -2.43. The summed E-state index contributed by atoms with van der Waals surface area (Å²) < 4.78 is 0. The van der Waals surface area contributed by atoms with Crippen molar-refractivity contribution in [3.05, 3.63) is 77.9 Å². The molecule has 1 aliphatic rings. The van der Waals surface area contributed by atoms with Crippen LogP contribution in [0.4, 0.5) is 0 Å². The molecule has 0 bridgehead atoms. The van der Waals surface area contributed by atoms with Crippen molar-refractivity contribution in [2.45, 2.75) is 26.3 Å². The van der Waals surface area contributed by atoms with Gasteiger partial charge in [0.25, 0.3) is 0 Å². The monoisotopic (exact) mass is 391 g/mol. The van der Waals surface area contributed by atoms with E-state index in [-0.39, 0.29) is 11.9 Å². The van der Waals surface area contributed by atoms with Crippen LogP contribution in [-0.2, 0) is 4.79 Å². The third kappa shape index (κ3) is 6.02. The van der Waals surface area contributed by atoms with Crippen molar-refractivity contribution in [1.29, 1.82) is 0 Å². The SMILES string of the molecule is CC/C(=C\C(=O)NCC(c1ccccc1)N1CCN(CC)CC1)c1ccccc1. The highest BCUT2D eigenvalue weighted by Crippen LogP contribution is 2.22. The first-order chi connectivity index (χ1) is 14.2. The second kappa shape index (κ2) is 10.9. The second-order valence-electron chi connectivity index (χ2n) is 7.53. The van der Waals surface area contributed by atoms with E-state index >= 15 is 0 Å². The summed E-state index contributed by atoms with van der Waals surface area (Å²) in [5, 5.41) is 3.17. The molecule has 0 spiro atoms. The lowest BCUT2D eigenvalue weighted by molar-refractivity contribution is -0.116. The van der Waals surface area contributed by atoms with Crippen LogP contribution in [-0.4, -0.2) is 55.0 Å². The summed E-state index contributed by atoms with van der Waals surface area (Å²) in [6, 6.07) is 20.9. The Morgan fingerprint density at radius 1 is 0.966 bits per heavy atom. The zero-order valence-corrected chi connectivity index (χ0v) is 17.7. The Balaban J connectivity index is 1.68. The summed E-state index contributed by atoms with van der Waals surface area (Å²) >= 11 is 0. The number of rotatable bonds is 8. The van der Waals surface area contributed by atoms with E-state index in [2.05, 4.69) is 65.4 Å². The van der Waals surface area contributed by atoms with E-state index in [1.807, 2.05) is 24.3 Å². The molecule has 1 amide bonds. The lowest BCUT2D eigenvalue weighted by Crippen LogP contribution is -2.49. The van der Waals surface area contributed by atoms with Crippen LogP contribution in [0.15, 0.2) is 66.7 Å². The van der Waals surface area contributed by atoms with Crippen LogP contribution >= 0.6 is 0 Å². The van der Waals surface area contributed by atoms with Gasteiger partial charge in [0.1, 0.15) is 0 Å². The minimum atomic E-state index is -0.0150. The Morgan fingerprint density at radius 2 is 1.59 bits per heavy atom. The molecular weight excluding hydrogens is 358 g/mol. The number of carbonyl (C=O) groups is 1. The molecule has 1 aliphatic heterocycles. The van der Waals surface area contributed by atoms with Gasteiger partial charge in [-0.2, -0.15) is 0 Å². The Kier molecular flexibility index (Phi) is 8.03. The number of carbonyl (C=O) groups excluding carboxylic acids is 1. The summed E-state index contributed by atoms with van der Waals surface area (Å²) in [6.45, 7) is 10.3. The summed E-state index contributed by atoms with van der Waals surface area (Å²) in [6.07, 6.45) is 2.59. The topological polar surface area (TPSA) is 35.6 Å². The van der Waals surface area contributed by atoms with Gasteiger partial charge >= 0.3 is 0 Å². The minimum Gasteiger partial charge on any atom is -0.351 e. The van der Waals surface area contributed by atoms with Crippen molar-refractivity contribution >= 4 is 11.5 Å². The number of likely N-dealkylation sites (N-methyl/N-ethyl adjacent to an activating group) is 1. The molecule has 1 unspecified atom stereocenters. The van der Waals surface area contributed by atoms with Crippen LogP contribution in [0, 0.1) is 0 Å². The van der Waals surface area contributed by atoms with E-state index in [0.29, 0.717) is 6.54 Å². The standard InChI is InChI=1S/C25H33N3O/c1-3-21(22-11-7-5-8-12-22)19-25(29)26-20-24(23-13-9-6-10-14-23)28-17-15-27(4-2)16-18-28/h5-14,19,24H,3-4,15-18,20H2,1-2H3,(H,26,29)/b21-19+. The van der Waals surface area contributed by atoms with Gasteiger partial charge in [0.05, 0.1) is 6.04 Å². The molecule has 1 heterocycles. The first kappa shape index (κ1) is 21.3. The van der Waals surface area contributed by atoms with Crippen molar-refractivity contribution in [3.63, 3.8) is 0 Å². The van der Waals surface area contributed by atoms with Crippen molar-refractivity contribution in [2.75, 3.05) is 39.3 Å². The maximum Gasteiger partial charge on any atom is 0.244 e. The van der Waals surface area contributed by atoms with Gasteiger partial charge in [0, 0.05) is 38.8 Å². The molecule has 29 heavy (non-hydrogen) atoms. The van der Waals surface area contributed by atoms with Gasteiger partial charge < -0.3 is 10.2 Å². The molecule has 2 aromatic rings. The largest absolute Gasteiger partial charge is 0.351 e. The summed E-state index contributed by atoms with van der Waals surface area (Å²) in [5.74, 6) is -0.0150. The van der Waals surface area contributed by atoms with Gasteiger partial charge in [-0.25, -0.2) is 0 Å². The van der Waals surface area contributed by atoms with E-state index in [4.69, 9.17) is 0 Å². The third-order valence-corrected chi connectivity index (χ3v) is 5.78. The fraction of sp³-hybridized carbons (Fsp3) is 0.400. The number of nitrogens with one attached hydrogen (secondary N) is 1. The average Bonchev–Trinajstić information content (AvgIpc) is 2.79. The van der Waals surface area contributed by atoms with Crippen molar-refractivity contribution in [1.82, 2.24) is 15.1 Å². The molecule has 154 valence electrons. The zero-order chi connectivity index (χ0) is 20.5. The molecule has 0 aliphatic carbocycles.